The van der Waals surface area contributed by atoms with Gasteiger partial charge in [-0.1, -0.05) is 24.3 Å². The maximum absolute atomic E-state index is 11.6. The first kappa shape index (κ1) is 16.8. The van der Waals surface area contributed by atoms with Crippen molar-refractivity contribution in [2.45, 2.75) is 27.3 Å². The molecule has 0 N–H and O–H groups in total. The van der Waals surface area contributed by atoms with Crippen LogP contribution in [0.15, 0.2) is 42.2 Å². The molecule has 1 amide bonds. The maximum atomic E-state index is 11.6. The highest BCUT2D eigenvalue weighted by Crippen LogP contribution is 2.14. The van der Waals surface area contributed by atoms with E-state index >= 15 is 0 Å². The lowest BCUT2D eigenvalue weighted by Gasteiger charge is -2.19. The number of amides is 1. The Morgan fingerprint density at radius 1 is 1.17 bits per heavy atom. The lowest BCUT2D eigenvalue weighted by Crippen LogP contribution is -2.28. The molecule has 0 fully saturated rings. The zero-order valence-electron chi connectivity index (χ0n) is 13.8. The molecule has 2 rings (SSSR count). The van der Waals surface area contributed by atoms with E-state index < -0.39 is 0 Å². The summed E-state index contributed by atoms with van der Waals surface area (Å²) in [5.41, 5.74) is 2.69. The van der Waals surface area contributed by atoms with Gasteiger partial charge >= 0.3 is 5.97 Å². The summed E-state index contributed by atoms with van der Waals surface area (Å²) in [4.78, 5) is 26.6. The van der Waals surface area contributed by atoms with E-state index in [1.54, 1.807) is 31.9 Å². The van der Waals surface area contributed by atoms with Gasteiger partial charge in [0, 0.05) is 31.4 Å². The van der Waals surface area contributed by atoms with Gasteiger partial charge in [0.25, 0.3) is 0 Å². The quantitative estimate of drug-likeness (QED) is 0.619. The van der Waals surface area contributed by atoms with Crippen LogP contribution >= 0.6 is 0 Å². The first-order valence-corrected chi connectivity index (χ1v) is 7.63. The molecule has 5 heteroatoms. The number of carbonyl (C=O) groups excluding carboxylic acids is 2. The normalized spacial score (nSPS) is 14.3. The minimum Gasteiger partial charge on any atom is -0.463 e. The van der Waals surface area contributed by atoms with Crippen molar-refractivity contribution >= 4 is 18.0 Å². The molecule has 1 aromatic carbocycles. The van der Waals surface area contributed by atoms with E-state index in [0.717, 1.165) is 17.7 Å². The third-order valence-electron chi connectivity index (χ3n) is 3.54. The van der Waals surface area contributed by atoms with Crippen molar-refractivity contribution in [2.24, 2.45) is 0 Å². The van der Waals surface area contributed by atoms with Crippen molar-refractivity contribution in [3.63, 3.8) is 0 Å². The summed E-state index contributed by atoms with van der Waals surface area (Å²) in [6.07, 6.45) is 5.53. The molecule has 0 radical (unpaired) electrons. The van der Waals surface area contributed by atoms with Crippen molar-refractivity contribution < 1.29 is 14.3 Å². The van der Waals surface area contributed by atoms with Crippen LogP contribution in [0.4, 0.5) is 0 Å². The second kappa shape index (κ2) is 7.63. The van der Waals surface area contributed by atoms with E-state index in [1.807, 2.05) is 36.5 Å². The van der Waals surface area contributed by atoms with Crippen LogP contribution < -0.4 is 0 Å². The van der Waals surface area contributed by atoms with Crippen LogP contribution in [0.5, 0.6) is 0 Å². The fourth-order valence-corrected chi connectivity index (χ4v) is 2.28. The molecule has 0 aromatic heterocycles. The van der Waals surface area contributed by atoms with Crippen LogP contribution in [0.25, 0.3) is 6.08 Å². The van der Waals surface area contributed by atoms with Gasteiger partial charge < -0.3 is 9.64 Å². The third kappa shape index (κ3) is 4.71. The predicted octanol–water partition coefficient (Wildman–Crippen LogP) is 2.75. The molecular weight excluding hydrogens is 292 g/mol. The van der Waals surface area contributed by atoms with Crippen LogP contribution in [0, 0.1) is 0 Å². The lowest BCUT2D eigenvalue weighted by molar-refractivity contribution is -0.138. The standard InChI is InChI=1S/C18H22N2O3/c1-4-23-18(22)14(2)11-16-5-7-17(8-6-16)12-19-9-10-20(13-19)15(3)21/h5-11H,4,12-13H2,1-3H3. The Morgan fingerprint density at radius 3 is 2.43 bits per heavy atom. The van der Waals surface area contributed by atoms with E-state index in [2.05, 4.69) is 4.90 Å². The Balaban J connectivity index is 1.95. The second-order valence-corrected chi connectivity index (χ2v) is 5.46. The minimum absolute atomic E-state index is 0.0404. The Morgan fingerprint density at radius 2 is 1.87 bits per heavy atom. The summed E-state index contributed by atoms with van der Waals surface area (Å²) < 4.78 is 4.96. The van der Waals surface area contributed by atoms with Gasteiger partial charge in [-0.15, -0.1) is 0 Å². The van der Waals surface area contributed by atoms with Gasteiger partial charge in [0.05, 0.1) is 13.3 Å². The fourth-order valence-electron chi connectivity index (χ4n) is 2.28. The highest BCUT2D eigenvalue weighted by Gasteiger charge is 2.15. The van der Waals surface area contributed by atoms with Crippen LogP contribution in [0.2, 0.25) is 0 Å². The van der Waals surface area contributed by atoms with Crippen LogP contribution in [0.1, 0.15) is 31.9 Å². The number of rotatable bonds is 5. The van der Waals surface area contributed by atoms with Gasteiger partial charge in [-0.05, 0) is 31.1 Å². The first-order valence-electron chi connectivity index (χ1n) is 7.63. The molecule has 23 heavy (non-hydrogen) atoms. The number of esters is 1. The molecule has 0 atom stereocenters. The number of hydrogen-bond acceptors (Lipinski definition) is 4. The Bertz CT molecular complexity index is 632. The van der Waals surface area contributed by atoms with Gasteiger partial charge in [-0.25, -0.2) is 4.79 Å². The predicted molar refractivity (Wildman–Crippen MR) is 88.8 cm³/mol. The van der Waals surface area contributed by atoms with Gasteiger partial charge in [0.2, 0.25) is 5.91 Å². The molecule has 1 aliphatic heterocycles. The molecule has 0 bridgehead atoms. The molecule has 0 spiro atoms. The monoisotopic (exact) mass is 314 g/mol. The maximum Gasteiger partial charge on any atom is 0.333 e. The Hall–Kier alpha value is -2.56. The second-order valence-electron chi connectivity index (χ2n) is 5.46. The van der Waals surface area contributed by atoms with E-state index in [0.29, 0.717) is 18.8 Å². The van der Waals surface area contributed by atoms with E-state index in [-0.39, 0.29) is 11.9 Å². The summed E-state index contributed by atoms with van der Waals surface area (Å²) >= 11 is 0. The van der Waals surface area contributed by atoms with E-state index in [9.17, 15) is 9.59 Å². The smallest absolute Gasteiger partial charge is 0.333 e. The summed E-state index contributed by atoms with van der Waals surface area (Å²) in [6.45, 7) is 6.79. The first-order chi connectivity index (χ1) is 11.0. The lowest BCUT2D eigenvalue weighted by atomic mass is 10.1. The third-order valence-corrected chi connectivity index (χ3v) is 3.54. The number of ether oxygens (including phenoxy) is 1. The molecule has 0 unspecified atom stereocenters. The molecule has 1 aromatic rings. The van der Waals surface area contributed by atoms with Crippen molar-refractivity contribution in [2.75, 3.05) is 13.3 Å². The Kier molecular flexibility index (Phi) is 5.57. The number of hydrogen-bond donors (Lipinski definition) is 0. The fraction of sp³-hybridized carbons (Fsp3) is 0.333. The van der Waals surface area contributed by atoms with Crippen molar-refractivity contribution in [3.8, 4) is 0 Å². The van der Waals surface area contributed by atoms with Gasteiger partial charge in [-0.3, -0.25) is 9.69 Å². The average Bonchev–Trinajstić information content (AvgIpc) is 2.98. The number of benzene rings is 1. The SMILES string of the molecule is CCOC(=O)C(C)=Cc1ccc(CN2C=CN(C(C)=O)C2)cc1. The summed E-state index contributed by atoms with van der Waals surface area (Å²) in [7, 11) is 0. The van der Waals surface area contributed by atoms with Crippen molar-refractivity contribution in [1.82, 2.24) is 9.80 Å². The molecule has 1 heterocycles. The minimum atomic E-state index is -0.289. The summed E-state index contributed by atoms with van der Waals surface area (Å²) in [6, 6.07) is 7.99. The largest absolute Gasteiger partial charge is 0.463 e. The van der Waals surface area contributed by atoms with E-state index in [4.69, 9.17) is 4.74 Å². The van der Waals surface area contributed by atoms with Crippen molar-refractivity contribution in [1.29, 1.82) is 0 Å². The molecule has 122 valence electrons. The van der Waals surface area contributed by atoms with Crippen LogP contribution in [-0.2, 0) is 20.9 Å². The van der Waals surface area contributed by atoms with Gasteiger partial charge in [0.15, 0.2) is 0 Å². The molecule has 0 aliphatic carbocycles. The topological polar surface area (TPSA) is 49.9 Å². The van der Waals surface area contributed by atoms with Gasteiger partial charge in [0.1, 0.15) is 0 Å². The summed E-state index contributed by atoms with van der Waals surface area (Å²) in [5.74, 6) is -0.248. The molecule has 1 aliphatic rings. The molecule has 5 nitrogen and oxygen atoms in total. The highest BCUT2D eigenvalue weighted by molar-refractivity contribution is 5.92. The van der Waals surface area contributed by atoms with Crippen LogP contribution in [0.3, 0.4) is 0 Å². The number of nitrogens with zero attached hydrogens (tertiary/aromatic N) is 2. The Labute approximate surface area is 136 Å². The average molecular weight is 314 g/mol. The molecular formula is C18H22N2O3. The zero-order chi connectivity index (χ0) is 16.8. The highest BCUT2D eigenvalue weighted by atomic mass is 16.5. The molecule has 0 saturated carbocycles. The number of carbonyl (C=O) groups is 2. The molecule has 0 saturated heterocycles. The van der Waals surface area contributed by atoms with Crippen LogP contribution in [-0.4, -0.2) is 35.0 Å². The zero-order valence-corrected chi connectivity index (χ0v) is 13.8. The van der Waals surface area contributed by atoms with E-state index in [1.165, 1.54) is 0 Å². The summed E-state index contributed by atoms with van der Waals surface area (Å²) in [5, 5.41) is 0. The van der Waals surface area contributed by atoms with Gasteiger partial charge in [-0.2, -0.15) is 0 Å². The van der Waals surface area contributed by atoms with Crippen molar-refractivity contribution in [3.05, 3.63) is 53.4 Å².